The maximum absolute atomic E-state index is 14.9. The summed E-state index contributed by atoms with van der Waals surface area (Å²) in [5, 5.41) is 3.46. The summed E-state index contributed by atoms with van der Waals surface area (Å²) in [7, 11) is 0. The largest absolute Gasteiger partial charge is 0.490 e. The molecule has 8 nitrogen and oxygen atoms in total. The van der Waals surface area contributed by atoms with Crippen LogP contribution in [0, 0.1) is 6.92 Å². The fourth-order valence-corrected chi connectivity index (χ4v) is 7.05. The van der Waals surface area contributed by atoms with Gasteiger partial charge in [-0.25, -0.2) is 4.79 Å². The van der Waals surface area contributed by atoms with Crippen LogP contribution in [0.25, 0.3) is 5.57 Å². The summed E-state index contributed by atoms with van der Waals surface area (Å²) < 4.78 is 16.8. The van der Waals surface area contributed by atoms with Crippen molar-refractivity contribution in [1.29, 1.82) is 0 Å². The molecule has 1 N–H and O–H groups in total. The summed E-state index contributed by atoms with van der Waals surface area (Å²) in [4.78, 5) is 32.6. The average molecular weight is 820 g/mol. The number of rotatable bonds is 12. The summed E-state index contributed by atoms with van der Waals surface area (Å²) in [5.74, 6) is 1.41. The SMILES string of the molecule is Cc1ccccc1CCN(C(=O)C1=C(c2ccc(OCCOc3ccc(Br)cc3)cc2)CC2CNC[C@H]1N2C(=O)OC(C)(C)C(Cl)(Cl)Cl)C1CC1. The molecule has 3 aliphatic rings. The van der Waals surface area contributed by atoms with Crippen LogP contribution in [0.4, 0.5) is 4.79 Å². The number of carbonyl (C=O) groups excluding carboxylic acids is 2. The number of fused-ring (bicyclic) bond motifs is 2. The summed E-state index contributed by atoms with van der Waals surface area (Å²) >= 11 is 22.1. The van der Waals surface area contributed by atoms with Gasteiger partial charge in [0, 0.05) is 35.7 Å². The Labute approximate surface area is 323 Å². The van der Waals surface area contributed by atoms with E-state index in [1.165, 1.54) is 11.1 Å². The van der Waals surface area contributed by atoms with E-state index in [0.717, 1.165) is 40.6 Å². The number of hydrogen-bond donors (Lipinski definition) is 1. The van der Waals surface area contributed by atoms with E-state index in [1.807, 2.05) is 65.6 Å². The Kier molecular flexibility index (Phi) is 11.8. The van der Waals surface area contributed by atoms with Gasteiger partial charge in [0.25, 0.3) is 5.91 Å². The lowest BCUT2D eigenvalue weighted by molar-refractivity contribution is -0.128. The van der Waals surface area contributed by atoms with Crippen molar-refractivity contribution in [3.63, 3.8) is 0 Å². The quantitative estimate of drug-likeness (QED) is 0.146. The molecule has 2 amide bonds. The first kappa shape index (κ1) is 37.8. The fourth-order valence-electron chi connectivity index (χ4n) is 6.67. The molecule has 12 heteroatoms. The summed E-state index contributed by atoms with van der Waals surface area (Å²) in [6.45, 7) is 7.50. The first-order chi connectivity index (χ1) is 24.3. The molecule has 272 valence electrons. The molecule has 0 aromatic heterocycles. The highest BCUT2D eigenvalue weighted by atomic mass is 79.9. The monoisotopic (exact) mass is 817 g/mol. The zero-order valence-corrected chi connectivity index (χ0v) is 32.8. The number of ether oxygens (including phenoxy) is 3. The molecule has 3 aromatic carbocycles. The van der Waals surface area contributed by atoms with Gasteiger partial charge >= 0.3 is 6.09 Å². The minimum absolute atomic E-state index is 0.0583. The van der Waals surface area contributed by atoms with Gasteiger partial charge in [-0.1, -0.05) is 87.1 Å². The third-order valence-electron chi connectivity index (χ3n) is 9.78. The number of alkyl halides is 3. The number of hydrogen-bond acceptors (Lipinski definition) is 6. The van der Waals surface area contributed by atoms with Crippen molar-refractivity contribution in [3.8, 4) is 11.5 Å². The highest BCUT2D eigenvalue weighted by molar-refractivity contribution is 9.10. The molecule has 1 unspecified atom stereocenters. The third kappa shape index (κ3) is 8.99. The average Bonchev–Trinajstić information content (AvgIpc) is 3.93. The topological polar surface area (TPSA) is 80.3 Å². The molecule has 0 spiro atoms. The molecule has 2 atom stereocenters. The fraction of sp³-hybridized carbons (Fsp3) is 0.436. The number of nitrogens with one attached hydrogen (secondary N) is 1. The number of nitrogens with zero attached hydrogens (tertiary/aromatic N) is 2. The zero-order valence-electron chi connectivity index (χ0n) is 29.0. The Balaban J connectivity index is 1.28. The number of benzene rings is 3. The second-order valence-electron chi connectivity index (χ2n) is 13.8. The number of halogens is 4. The van der Waals surface area contributed by atoms with Gasteiger partial charge in [-0.15, -0.1) is 0 Å². The van der Waals surface area contributed by atoms with Gasteiger partial charge in [0.05, 0.1) is 12.1 Å². The molecule has 1 saturated carbocycles. The lowest BCUT2D eigenvalue weighted by Crippen LogP contribution is -2.64. The van der Waals surface area contributed by atoms with Crippen molar-refractivity contribution in [3.05, 3.63) is 99.5 Å². The van der Waals surface area contributed by atoms with Crippen LogP contribution < -0.4 is 14.8 Å². The molecule has 6 rings (SSSR count). The molecule has 51 heavy (non-hydrogen) atoms. The standard InChI is InChI=1S/C39H43BrCl3N3O5/c1-25-6-4-5-7-26(25)18-19-45(29-12-13-29)36(47)35-33(22-30-23-44-24-34(35)46(30)37(48)51-38(2,3)39(41,42)43)27-8-14-31(15-9-27)49-20-21-50-32-16-10-28(40)11-17-32/h4-11,14-17,29-30,34,44H,12-13,18-24H2,1-3H3/t30?,34-/m1/s1. The van der Waals surface area contributed by atoms with Crippen molar-refractivity contribution >= 4 is 68.3 Å². The second-order valence-corrected chi connectivity index (χ2v) is 17.0. The third-order valence-corrected chi connectivity index (χ3v) is 11.7. The van der Waals surface area contributed by atoms with E-state index in [0.29, 0.717) is 50.6 Å². The Hall–Kier alpha value is -2.95. The number of carbonyl (C=O) groups is 2. The molecule has 1 aliphatic carbocycles. The van der Waals surface area contributed by atoms with E-state index >= 15 is 0 Å². The van der Waals surface area contributed by atoms with E-state index in [1.54, 1.807) is 18.7 Å². The highest BCUT2D eigenvalue weighted by Crippen LogP contribution is 2.43. The van der Waals surface area contributed by atoms with Crippen LogP contribution in [0.1, 0.15) is 49.8 Å². The van der Waals surface area contributed by atoms with Gasteiger partial charge in [-0.05, 0) is 105 Å². The molecule has 2 fully saturated rings. The van der Waals surface area contributed by atoms with Crippen LogP contribution in [0.3, 0.4) is 0 Å². The molecule has 0 radical (unpaired) electrons. The zero-order chi connectivity index (χ0) is 36.3. The number of piperazine rings is 1. The van der Waals surface area contributed by atoms with Crippen LogP contribution in [0.15, 0.2) is 82.8 Å². The first-order valence-corrected chi connectivity index (χ1v) is 19.2. The summed E-state index contributed by atoms with van der Waals surface area (Å²) in [6.07, 6.45) is 2.48. The van der Waals surface area contributed by atoms with Gasteiger partial charge in [-0.2, -0.15) is 0 Å². The van der Waals surface area contributed by atoms with E-state index in [-0.39, 0.29) is 18.0 Å². The molecule has 2 heterocycles. The van der Waals surface area contributed by atoms with Crippen LogP contribution >= 0.6 is 50.7 Å². The maximum Gasteiger partial charge on any atom is 0.411 e. The van der Waals surface area contributed by atoms with Gasteiger partial charge < -0.3 is 24.4 Å². The van der Waals surface area contributed by atoms with E-state index in [4.69, 9.17) is 49.0 Å². The van der Waals surface area contributed by atoms with Gasteiger partial charge in [0.15, 0.2) is 5.60 Å². The van der Waals surface area contributed by atoms with Gasteiger partial charge in [-0.3, -0.25) is 9.69 Å². The molecule has 3 aromatic rings. The summed E-state index contributed by atoms with van der Waals surface area (Å²) in [6, 6.07) is 23.0. The molecule has 1 saturated heterocycles. The lowest BCUT2D eigenvalue weighted by Gasteiger charge is -2.48. The van der Waals surface area contributed by atoms with Crippen molar-refractivity contribution in [1.82, 2.24) is 15.1 Å². The second kappa shape index (κ2) is 16.0. The minimum Gasteiger partial charge on any atom is -0.490 e. The molecular weight excluding hydrogens is 777 g/mol. The van der Waals surface area contributed by atoms with E-state index in [2.05, 4.69) is 40.3 Å². The number of amides is 2. The van der Waals surface area contributed by atoms with Crippen LogP contribution in [-0.4, -0.2) is 82.2 Å². The predicted molar refractivity (Wildman–Crippen MR) is 206 cm³/mol. The number of aryl methyl sites for hydroxylation is 1. The Morgan fingerprint density at radius 3 is 2.16 bits per heavy atom. The van der Waals surface area contributed by atoms with Crippen LogP contribution in [0.2, 0.25) is 0 Å². The van der Waals surface area contributed by atoms with Gasteiger partial charge in [0.1, 0.15) is 24.7 Å². The molecule has 2 bridgehead atoms. The Morgan fingerprint density at radius 2 is 1.55 bits per heavy atom. The normalized spacial score (nSPS) is 19.1. The maximum atomic E-state index is 14.9. The minimum atomic E-state index is -1.85. The van der Waals surface area contributed by atoms with Crippen LogP contribution in [-0.2, 0) is 16.0 Å². The van der Waals surface area contributed by atoms with Crippen molar-refractivity contribution in [2.75, 3.05) is 32.8 Å². The first-order valence-electron chi connectivity index (χ1n) is 17.3. The lowest BCUT2D eigenvalue weighted by atomic mass is 9.82. The Morgan fingerprint density at radius 1 is 0.922 bits per heavy atom. The van der Waals surface area contributed by atoms with Crippen molar-refractivity contribution < 1.29 is 23.8 Å². The van der Waals surface area contributed by atoms with E-state index < -0.39 is 21.5 Å². The predicted octanol–water partition coefficient (Wildman–Crippen LogP) is 8.53. The van der Waals surface area contributed by atoms with Crippen molar-refractivity contribution in [2.45, 2.75) is 74.0 Å². The smallest absolute Gasteiger partial charge is 0.411 e. The highest BCUT2D eigenvalue weighted by Gasteiger charge is 2.50. The van der Waals surface area contributed by atoms with Gasteiger partial charge in [0.2, 0.25) is 3.79 Å². The molecular formula is C39H43BrCl3N3O5. The van der Waals surface area contributed by atoms with E-state index in [9.17, 15) is 9.59 Å². The molecule has 2 aliphatic heterocycles. The summed E-state index contributed by atoms with van der Waals surface area (Å²) in [5.41, 5.74) is 3.44. The van der Waals surface area contributed by atoms with Crippen molar-refractivity contribution in [2.24, 2.45) is 0 Å². The van der Waals surface area contributed by atoms with Crippen LogP contribution in [0.5, 0.6) is 11.5 Å². The Bertz CT molecular complexity index is 1740.